The molecule has 3 heteroatoms. The van der Waals surface area contributed by atoms with E-state index in [-0.39, 0.29) is 0 Å². The van der Waals surface area contributed by atoms with Crippen molar-refractivity contribution in [2.75, 3.05) is 0 Å². The van der Waals surface area contributed by atoms with Crippen molar-refractivity contribution in [3.05, 3.63) is 0 Å². The summed E-state index contributed by atoms with van der Waals surface area (Å²) in [5.41, 5.74) is 0. The van der Waals surface area contributed by atoms with Gasteiger partial charge in [-0.1, -0.05) is 0 Å². The third-order valence-electron chi connectivity index (χ3n) is 0.185. The van der Waals surface area contributed by atoms with Crippen molar-refractivity contribution in [1.29, 1.82) is 0 Å². The second kappa shape index (κ2) is 2.34. The van der Waals surface area contributed by atoms with Crippen molar-refractivity contribution >= 4 is 11.9 Å². The van der Waals surface area contributed by atoms with Crippen molar-refractivity contribution in [2.45, 2.75) is 13.7 Å². The van der Waals surface area contributed by atoms with Crippen LogP contribution in [0.15, 0.2) is 0 Å². The number of carbonyl (C=O) groups excluding carboxylic acids is 2. The van der Waals surface area contributed by atoms with Crippen LogP contribution in [0.3, 0.4) is 0 Å². The summed E-state index contributed by atoms with van der Waals surface area (Å²) in [7, 11) is 0. The molecule has 0 aliphatic rings. The molecule has 0 N–H and O–H groups in total. The molecule has 0 rings (SSSR count). The van der Waals surface area contributed by atoms with Gasteiger partial charge in [-0.25, -0.2) is 0 Å². The van der Waals surface area contributed by atoms with Crippen LogP contribution in [0.5, 0.6) is 0 Å². The quantitative estimate of drug-likeness (QED) is 0.331. The molecule has 0 aromatic heterocycles. The molecule has 40 valence electrons. The van der Waals surface area contributed by atoms with Crippen LogP contribution in [-0.2, 0) is 14.3 Å². The molecule has 0 bridgehead atoms. The van der Waals surface area contributed by atoms with Gasteiger partial charge < -0.3 is 4.74 Å². The number of carbonyl (C=O) groups is 2. The summed E-state index contributed by atoms with van der Waals surface area (Å²) in [6.45, 7) is -6.25. The fourth-order valence-corrected chi connectivity index (χ4v) is 0.0842. The lowest BCUT2D eigenvalue weighted by Gasteiger charge is -1.87. The lowest BCUT2D eigenvalue weighted by molar-refractivity contribution is -0.156. The molecule has 0 saturated carbocycles. The van der Waals surface area contributed by atoms with E-state index in [0.29, 0.717) is 0 Å². The van der Waals surface area contributed by atoms with Crippen molar-refractivity contribution in [3.63, 3.8) is 0 Å². The predicted octanol–water partition coefficient (Wildman–Crippen LogP) is 0.0960. The Balaban J connectivity index is 4.34. The molecular weight excluding hydrogens is 96.0 g/mol. The van der Waals surface area contributed by atoms with E-state index in [1.807, 2.05) is 0 Å². The van der Waals surface area contributed by atoms with Gasteiger partial charge in [-0.2, -0.15) is 0 Å². The van der Waals surface area contributed by atoms with E-state index < -0.39 is 25.6 Å². The fraction of sp³-hybridized carbons (Fsp3) is 0.500. The van der Waals surface area contributed by atoms with Crippen LogP contribution in [0.1, 0.15) is 21.9 Å². The Hall–Kier alpha value is -0.860. The number of hydrogen-bond acceptors (Lipinski definition) is 3. The molecule has 3 nitrogen and oxygen atoms in total. The minimum Gasteiger partial charge on any atom is -0.394 e. The lowest BCUT2D eigenvalue weighted by atomic mass is 10.7. The Kier molecular flexibility index (Phi) is 0.436. The van der Waals surface area contributed by atoms with Gasteiger partial charge in [-0.3, -0.25) is 9.59 Å². The van der Waals surface area contributed by atoms with Crippen molar-refractivity contribution in [2.24, 2.45) is 0 Å². The van der Waals surface area contributed by atoms with E-state index in [2.05, 4.69) is 4.74 Å². The van der Waals surface area contributed by atoms with Gasteiger partial charge in [0, 0.05) is 21.9 Å². The second-order valence-electron chi connectivity index (χ2n) is 0.677. The Morgan fingerprint density at radius 2 is 1.86 bits per heavy atom. The predicted molar refractivity (Wildman–Crippen MR) is 22.4 cm³/mol. The number of ether oxygens (including phenoxy) is 1. The average molecular weight is 114 g/mol. The van der Waals surface area contributed by atoms with E-state index in [1.54, 1.807) is 0 Å². The maximum Gasteiger partial charge on any atom is 0.310 e. The third-order valence-corrected chi connectivity index (χ3v) is 0.185. The molecule has 0 atom stereocenters. The van der Waals surface area contributed by atoms with Crippen LogP contribution in [0.2, 0.25) is 0 Å². The molecule has 0 aromatic carbocycles. The zero-order valence-corrected chi connectivity index (χ0v) is 3.22. The normalized spacial score (nSPS) is 24.0. The first-order valence-electron chi connectivity index (χ1n) is 4.32. The minimum atomic E-state index is -3.12. The Bertz CT molecular complexity index is 201. The fourth-order valence-electron chi connectivity index (χ4n) is 0.0842. The molecule has 0 amide bonds. The van der Waals surface area contributed by atoms with E-state index in [4.69, 9.17) is 8.22 Å². The Labute approximate surface area is 49.7 Å². The molecule has 0 saturated heterocycles. The Morgan fingerprint density at radius 3 is 2.14 bits per heavy atom. The van der Waals surface area contributed by atoms with Crippen LogP contribution in [0.4, 0.5) is 0 Å². The number of rotatable bonds is 0. The molecule has 0 heterocycles. The summed E-state index contributed by atoms with van der Waals surface area (Å²) in [5.74, 6) is -3.68. The summed E-state index contributed by atoms with van der Waals surface area (Å²) in [6, 6.07) is 0. The molecule has 0 aliphatic heterocycles. The van der Waals surface area contributed by atoms with Gasteiger partial charge in [-0.05, 0) is 0 Å². The van der Waals surface area contributed by atoms with E-state index in [0.717, 1.165) is 0 Å². The SMILES string of the molecule is [3H]C([3H])([3H])C(=O)OC(=O)C([3H])([3H])[3H]. The van der Waals surface area contributed by atoms with Gasteiger partial charge in [0.2, 0.25) is 0 Å². The largest absolute Gasteiger partial charge is 0.394 e. The van der Waals surface area contributed by atoms with Crippen molar-refractivity contribution in [1.82, 2.24) is 0 Å². The minimum absolute atomic E-state index is 1.84. The van der Waals surface area contributed by atoms with Gasteiger partial charge in [0.15, 0.2) is 0 Å². The third kappa shape index (κ3) is 5.14. The van der Waals surface area contributed by atoms with E-state index in [9.17, 15) is 9.59 Å². The molecule has 0 aromatic rings. The van der Waals surface area contributed by atoms with Crippen LogP contribution in [-0.4, -0.2) is 11.9 Å². The second-order valence-corrected chi connectivity index (χ2v) is 0.677. The van der Waals surface area contributed by atoms with Crippen LogP contribution in [0.25, 0.3) is 0 Å². The molecule has 0 radical (unpaired) electrons. The molecule has 7 heavy (non-hydrogen) atoms. The maximum absolute atomic E-state index is 10.5. The highest BCUT2D eigenvalue weighted by Gasteiger charge is 1.93. The van der Waals surface area contributed by atoms with E-state index >= 15 is 0 Å². The molecule has 0 unspecified atom stereocenters. The summed E-state index contributed by atoms with van der Waals surface area (Å²) in [6.07, 6.45) is 0. The summed E-state index contributed by atoms with van der Waals surface area (Å²) >= 11 is 0. The van der Waals surface area contributed by atoms with Crippen LogP contribution >= 0.6 is 0 Å². The molecule has 0 fully saturated rings. The Morgan fingerprint density at radius 1 is 1.43 bits per heavy atom. The first-order valence-corrected chi connectivity index (χ1v) is 1.32. The monoisotopic (exact) mass is 114 g/mol. The first kappa shape index (κ1) is 1.31. The summed E-state index contributed by atoms with van der Waals surface area (Å²) in [5, 5.41) is 0. The first-order chi connectivity index (χ1) is 5.55. The zero-order valence-electron chi connectivity index (χ0n) is 9.22. The standard InChI is InChI=1S/C4H6O3/c1-3(5)7-4(2)6/h1-2H3/i1T3,2T3. The van der Waals surface area contributed by atoms with Gasteiger partial charge in [-0.15, -0.1) is 0 Å². The highest BCUT2D eigenvalue weighted by atomic mass is 16.6. The number of hydrogen-bond donors (Lipinski definition) is 0. The average Bonchev–Trinajstić information content (AvgIpc) is 1.82. The van der Waals surface area contributed by atoms with Gasteiger partial charge in [0.25, 0.3) is 0 Å². The number of esters is 2. The van der Waals surface area contributed by atoms with Crippen molar-refractivity contribution < 1.29 is 22.6 Å². The van der Waals surface area contributed by atoms with Crippen LogP contribution < -0.4 is 0 Å². The smallest absolute Gasteiger partial charge is 0.310 e. The summed E-state index contributed by atoms with van der Waals surface area (Å²) in [4.78, 5) is 20.9. The zero-order chi connectivity index (χ0) is 10.9. The molecular formula is C4H6O3. The van der Waals surface area contributed by atoms with Crippen molar-refractivity contribution in [3.8, 4) is 0 Å². The highest BCUT2D eigenvalue weighted by Crippen LogP contribution is 1.73. The van der Waals surface area contributed by atoms with Gasteiger partial charge >= 0.3 is 11.9 Å². The van der Waals surface area contributed by atoms with Gasteiger partial charge in [0.05, 0.1) is 0 Å². The van der Waals surface area contributed by atoms with Gasteiger partial charge in [0.1, 0.15) is 0 Å². The topological polar surface area (TPSA) is 43.4 Å². The lowest BCUT2D eigenvalue weighted by Crippen LogP contribution is -2.03. The van der Waals surface area contributed by atoms with Crippen LogP contribution in [0, 0.1) is 0 Å². The maximum atomic E-state index is 10.5. The molecule has 0 spiro atoms. The molecule has 0 aliphatic carbocycles. The van der Waals surface area contributed by atoms with E-state index in [1.165, 1.54) is 0 Å². The summed E-state index contributed by atoms with van der Waals surface area (Å²) < 4.78 is 42.3. The highest BCUT2D eigenvalue weighted by molar-refractivity contribution is 5.82.